The second kappa shape index (κ2) is 5.93. The third kappa shape index (κ3) is 2.71. The zero-order valence-electron chi connectivity index (χ0n) is 10.7. The minimum Gasteiger partial charge on any atom is -0.298 e. The number of hydrogen-bond acceptors (Lipinski definition) is 5. The van der Waals surface area contributed by atoms with E-state index in [-0.39, 0.29) is 0 Å². The van der Waals surface area contributed by atoms with Crippen LogP contribution in [0.25, 0.3) is 0 Å². The van der Waals surface area contributed by atoms with Crippen molar-refractivity contribution in [3.05, 3.63) is 28.8 Å². The van der Waals surface area contributed by atoms with E-state index in [2.05, 4.69) is 15.5 Å². The Morgan fingerprint density at radius 3 is 2.90 bits per heavy atom. The van der Waals surface area contributed by atoms with Crippen LogP contribution in [0.4, 0.5) is 0 Å². The maximum atomic E-state index is 11.1. The summed E-state index contributed by atoms with van der Waals surface area (Å²) < 4.78 is 1.87. The summed E-state index contributed by atoms with van der Waals surface area (Å²) in [4.78, 5) is 11.9. The van der Waals surface area contributed by atoms with Crippen molar-refractivity contribution in [2.45, 2.75) is 41.8 Å². The second-order valence-corrected chi connectivity index (χ2v) is 6.19. The standard InChI is InChI=1S/C13H13ClN4OS/c14-10-6-5-9(8-19)12(7-10)20-13-15-16-17-18(13)11-3-1-2-4-11/h5-8,11H,1-4H2. The van der Waals surface area contributed by atoms with Gasteiger partial charge in [0.05, 0.1) is 6.04 Å². The highest BCUT2D eigenvalue weighted by molar-refractivity contribution is 7.99. The molecule has 0 N–H and O–H groups in total. The zero-order valence-corrected chi connectivity index (χ0v) is 12.3. The Labute approximate surface area is 125 Å². The molecule has 0 saturated heterocycles. The lowest BCUT2D eigenvalue weighted by Crippen LogP contribution is -2.08. The number of nitrogens with zero attached hydrogens (tertiary/aromatic N) is 4. The number of hydrogen-bond donors (Lipinski definition) is 0. The highest BCUT2D eigenvalue weighted by atomic mass is 35.5. The molecule has 2 aromatic rings. The molecular weight excluding hydrogens is 296 g/mol. The Bertz CT molecular complexity index is 625. The molecule has 1 aliphatic carbocycles. The van der Waals surface area contributed by atoms with Gasteiger partial charge in [0.2, 0.25) is 5.16 Å². The van der Waals surface area contributed by atoms with Crippen molar-refractivity contribution in [2.24, 2.45) is 0 Å². The molecule has 7 heteroatoms. The fourth-order valence-electron chi connectivity index (χ4n) is 2.42. The SMILES string of the molecule is O=Cc1ccc(Cl)cc1Sc1nnnn1C1CCCC1. The van der Waals surface area contributed by atoms with Gasteiger partial charge >= 0.3 is 0 Å². The van der Waals surface area contributed by atoms with E-state index in [0.717, 1.165) is 24.0 Å². The van der Waals surface area contributed by atoms with Gasteiger partial charge in [-0.3, -0.25) is 4.79 Å². The smallest absolute Gasteiger partial charge is 0.214 e. The maximum Gasteiger partial charge on any atom is 0.214 e. The number of aldehydes is 1. The van der Waals surface area contributed by atoms with Crippen LogP contribution in [0.1, 0.15) is 42.1 Å². The van der Waals surface area contributed by atoms with Gasteiger partial charge in [-0.25, -0.2) is 4.68 Å². The monoisotopic (exact) mass is 308 g/mol. The molecule has 1 fully saturated rings. The Morgan fingerprint density at radius 2 is 2.15 bits per heavy atom. The van der Waals surface area contributed by atoms with E-state index in [1.165, 1.54) is 24.6 Å². The van der Waals surface area contributed by atoms with E-state index in [1.54, 1.807) is 18.2 Å². The minimum atomic E-state index is 0.367. The van der Waals surface area contributed by atoms with Gasteiger partial charge < -0.3 is 0 Å². The molecule has 0 unspecified atom stereocenters. The van der Waals surface area contributed by atoms with Gasteiger partial charge in [0.25, 0.3) is 0 Å². The lowest BCUT2D eigenvalue weighted by Gasteiger charge is -2.11. The fourth-order valence-corrected chi connectivity index (χ4v) is 3.63. The van der Waals surface area contributed by atoms with Crippen molar-refractivity contribution in [1.82, 2.24) is 20.2 Å². The Balaban J connectivity index is 1.90. The number of tetrazole rings is 1. The van der Waals surface area contributed by atoms with Crippen LogP contribution < -0.4 is 0 Å². The van der Waals surface area contributed by atoms with Crippen molar-refractivity contribution < 1.29 is 4.79 Å². The Kier molecular flexibility index (Phi) is 4.03. The number of carbonyl (C=O) groups excluding carboxylic acids is 1. The van der Waals surface area contributed by atoms with Gasteiger partial charge in [-0.1, -0.05) is 24.4 Å². The largest absolute Gasteiger partial charge is 0.298 e. The molecule has 104 valence electrons. The topological polar surface area (TPSA) is 60.7 Å². The average molecular weight is 309 g/mol. The van der Waals surface area contributed by atoms with Gasteiger partial charge in [-0.15, -0.1) is 5.10 Å². The van der Waals surface area contributed by atoms with Gasteiger partial charge in [0.15, 0.2) is 6.29 Å². The number of halogens is 1. The molecule has 0 spiro atoms. The summed E-state index contributed by atoms with van der Waals surface area (Å²) in [5.74, 6) is 0. The van der Waals surface area contributed by atoms with Gasteiger partial charge in [-0.2, -0.15) is 0 Å². The summed E-state index contributed by atoms with van der Waals surface area (Å²) in [5.41, 5.74) is 0.598. The molecule has 0 amide bonds. The molecule has 1 aliphatic rings. The van der Waals surface area contributed by atoms with Crippen LogP contribution in [0, 0.1) is 0 Å². The fraction of sp³-hybridized carbons (Fsp3) is 0.385. The molecule has 3 rings (SSSR count). The van der Waals surface area contributed by atoms with Crippen LogP contribution >= 0.6 is 23.4 Å². The minimum absolute atomic E-state index is 0.367. The summed E-state index contributed by atoms with van der Waals surface area (Å²) in [6, 6.07) is 5.55. The molecule has 1 aromatic heterocycles. The van der Waals surface area contributed by atoms with E-state index in [4.69, 9.17) is 11.6 Å². The first kappa shape index (κ1) is 13.6. The normalized spacial score (nSPS) is 15.7. The third-order valence-corrected chi connectivity index (χ3v) is 4.70. The van der Waals surface area contributed by atoms with E-state index in [9.17, 15) is 4.79 Å². The summed E-state index contributed by atoms with van der Waals surface area (Å²) in [5, 5.41) is 13.2. The van der Waals surface area contributed by atoms with E-state index in [0.29, 0.717) is 21.8 Å². The molecule has 0 radical (unpaired) electrons. The lowest BCUT2D eigenvalue weighted by molar-refractivity contribution is 0.112. The van der Waals surface area contributed by atoms with Crippen LogP contribution in [0.2, 0.25) is 5.02 Å². The van der Waals surface area contributed by atoms with Crippen molar-refractivity contribution in [1.29, 1.82) is 0 Å². The number of carbonyl (C=O) groups is 1. The van der Waals surface area contributed by atoms with Gasteiger partial charge in [0.1, 0.15) is 0 Å². The first-order valence-electron chi connectivity index (χ1n) is 6.48. The summed E-state index contributed by atoms with van der Waals surface area (Å²) >= 11 is 7.38. The van der Waals surface area contributed by atoms with Gasteiger partial charge in [-0.05, 0) is 53.2 Å². The van der Waals surface area contributed by atoms with E-state index in [1.807, 2.05) is 4.68 Å². The molecule has 5 nitrogen and oxygen atoms in total. The highest BCUT2D eigenvalue weighted by Gasteiger charge is 2.22. The van der Waals surface area contributed by atoms with Crippen LogP contribution in [0.15, 0.2) is 28.3 Å². The van der Waals surface area contributed by atoms with E-state index < -0.39 is 0 Å². The zero-order chi connectivity index (χ0) is 13.9. The van der Waals surface area contributed by atoms with Crippen molar-refractivity contribution >= 4 is 29.6 Å². The highest BCUT2D eigenvalue weighted by Crippen LogP contribution is 2.35. The van der Waals surface area contributed by atoms with Gasteiger partial charge in [0, 0.05) is 15.5 Å². The predicted octanol–water partition coefficient (Wildman–Crippen LogP) is 3.41. The average Bonchev–Trinajstić information content (AvgIpc) is 3.09. The molecule has 0 bridgehead atoms. The predicted molar refractivity (Wildman–Crippen MR) is 76.3 cm³/mol. The van der Waals surface area contributed by atoms with Crippen molar-refractivity contribution in [3.63, 3.8) is 0 Å². The maximum absolute atomic E-state index is 11.1. The van der Waals surface area contributed by atoms with Crippen LogP contribution in [-0.4, -0.2) is 26.5 Å². The molecule has 0 atom stereocenters. The summed E-state index contributed by atoms with van der Waals surface area (Å²) in [6.45, 7) is 0. The quantitative estimate of drug-likeness (QED) is 0.810. The Hall–Kier alpha value is -1.40. The number of benzene rings is 1. The first-order valence-corrected chi connectivity index (χ1v) is 7.68. The lowest BCUT2D eigenvalue weighted by atomic mass is 10.2. The molecule has 0 aliphatic heterocycles. The first-order chi connectivity index (χ1) is 9.78. The van der Waals surface area contributed by atoms with Crippen molar-refractivity contribution in [2.75, 3.05) is 0 Å². The second-order valence-electron chi connectivity index (χ2n) is 4.75. The van der Waals surface area contributed by atoms with Crippen LogP contribution in [0.3, 0.4) is 0 Å². The number of rotatable bonds is 4. The molecule has 1 aromatic carbocycles. The number of aromatic nitrogens is 4. The molecule has 1 heterocycles. The van der Waals surface area contributed by atoms with Crippen molar-refractivity contribution in [3.8, 4) is 0 Å². The molecule has 1 saturated carbocycles. The van der Waals surface area contributed by atoms with Crippen LogP contribution in [-0.2, 0) is 0 Å². The summed E-state index contributed by atoms with van der Waals surface area (Å²) in [7, 11) is 0. The molecular formula is C13H13ClN4OS. The third-order valence-electron chi connectivity index (χ3n) is 3.44. The molecule has 20 heavy (non-hydrogen) atoms. The van der Waals surface area contributed by atoms with E-state index >= 15 is 0 Å². The summed E-state index contributed by atoms with van der Waals surface area (Å²) in [6.07, 6.45) is 5.46. The Morgan fingerprint density at radius 1 is 1.35 bits per heavy atom. The van der Waals surface area contributed by atoms with Crippen LogP contribution in [0.5, 0.6) is 0 Å².